The third-order valence-corrected chi connectivity index (χ3v) is 4.36. The summed E-state index contributed by atoms with van der Waals surface area (Å²) in [6.07, 6.45) is 0.916. The van der Waals surface area contributed by atoms with Crippen molar-refractivity contribution in [2.24, 2.45) is 0 Å². The minimum absolute atomic E-state index is 0.183. The molecule has 0 saturated carbocycles. The number of hydrogen-bond acceptors (Lipinski definition) is 5. The molecule has 0 unspecified atom stereocenters. The van der Waals surface area contributed by atoms with Crippen LogP contribution in [-0.2, 0) is 6.42 Å². The van der Waals surface area contributed by atoms with Crippen LogP contribution in [0.4, 0.5) is 21.8 Å². The molecule has 0 spiro atoms. The number of nitrogens with zero attached hydrogens (tertiary/aromatic N) is 2. The Balaban J connectivity index is 2.11. The van der Waals surface area contributed by atoms with Gasteiger partial charge in [-0.1, -0.05) is 13.0 Å². The van der Waals surface area contributed by atoms with Gasteiger partial charge >= 0.3 is 0 Å². The number of hydrogen-bond donors (Lipinski definition) is 2. The maximum atomic E-state index is 13.9. The molecule has 0 aliphatic rings. The van der Waals surface area contributed by atoms with Crippen molar-refractivity contribution in [2.75, 3.05) is 11.1 Å². The first kappa shape index (κ1) is 13.8. The number of rotatable bonds is 3. The fraction of sp³-hybridized carbons (Fsp3) is 0.200. The van der Waals surface area contributed by atoms with Crippen LogP contribution in [0.3, 0.4) is 0 Å². The molecule has 1 aromatic carbocycles. The van der Waals surface area contributed by atoms with E-state index in [0.29, 0.717) is 11.5 Å². The quantitative estimate of drug-likeness (QED) is 0.767. The number of nitrogens with one attached hydrogen (secondary N) is 1. The fourth-order valence-corrected chi connectivity index (χ4v) is 3.09. The molecular weight excluding hydrogens is 287 g/mol. The van der Waals surface area contributed by atoms with E-state index < -0.39 is 0 Å². The van der Waals surface area contributed by atoms with Gasteiger partial charge in [0.2, 0.25) is 5.95 Å². The van der Waals surface area contributed by atoms with E-state index in [2.05, 4.69) is 22.2 Å². The van der Waals surface area contributed by atoms with Crippen LogP contribution in [0.5, 0.6) is 0 Å². The van der Waals surface area contributed by atoms with E-state index in [1.807, 2.05) is 13.0 Å². The number of fused-ring (bicyclic) bond motifs is 1. The smallest absolute Gasteiger partial charge is 0.223 e. The van der Waals surface area contributed by atoms with Crippen LogP contribution in [0.25, 0.3) is 10.2 Å². The summed E-state index contributed by atoms with van der Waals surface area (Å²) in [5.74, 6) is 0.400. The molecule has 0 bridgehead atoms. The largest absolute Gasteiger partial charge is 0.368 e. The SMILES string of the molecule is CCc1cc2c(Nc3cc(C)ccc3F)nc(N)nc2s1. The van der Waals surface area contributed by atoms with Gasteiger partial charge in [0.25, 0.3) is 0 Å². The van der Waals surface area contributed by atoms with Crippen LogP contribution in [-0.4, -0.2) is 9.97 Å². The summed E-state index contributed by atoms with van der Waals surface area (Å²) in [4.78, 5) is 10.5. The molecule has 0 atom stereocenters. The zero-order chi connectivity index (χ0) is 15.0. The average molecular weight is 302 g/mol. The molecule has 0 saturated heterocycles. The number of halogens is 1. The average Bonchev–Trinajstić information content (AvgIpc) is 2.86. The molecule has 3 rings (SSSR count). The Morgan fingerprint density at radius 1 is 1.29 bits per heavy atom. The van der Waals surface area contributed by atoms with Crippen LogP contribution < -0.4 is 11.1 Å². The molecule has 4 nitrogen and oxygen atoms in total. The van der Waals surface area contributed by atoms with Crippen molar-refractivity contribution in [3.05, 3.63) is 40.5 Å². The molecule has 0 radical (unpaired) electrons. The van der Waals surface area contributed by atoms with Gasteiger partial charge in [0.1, 0.15) is 16.5 Å². The van der Waals surface area contributed by atoms with E-state index in [4.69, 9.17) is 5.73 Å². The second kappa shape index (κ2) is 5.29. The van der Waals surface area contributed by atoms with Gasteiger partial charge in [0.15, 0.2) is 0 Å². The Bertz CT molecular complexity index is 813. The van der Waals surface area contributed by atoms with Gasteiger partial charge in [-0.2, -0.15) is 4.98 Å². The monoisotopic (exact) mass is 302 g/mol. The van der Waals surface area contributed by atoms with Crippen molar-refractivity contribution in [1.29, 1.82) is 0 Å². The maximum Gasteiger partial charge on any atom is 0.223 e. The van der Waals surface area contributed by atoms with Gasteiger partial charge in [0, 0.05) is 4.88 Å². The maximum absolute atomic E-state index is 13.9. The zero-order valence-corrected chi connectivity index (χ0v) is 12.6. The highest BCUT2D eigenvalue weighted by molar-refractivity contribution is 7.18. The second-order valence-corrected chi connectivity index (χ2v) is 5.94. The van der Waals surface area contributed by atoms with E-state index >= 15 is 0 Å². The Labute approximate surface area is 125 Å². The van der Waals surface area contributed by atoms with Crippen LogP contribution in [0, 0.1) is 12.7 Å². The molecule has 0 fully saturated rings. The summed E-state index contributed by atoms with van der Waals surface area (Å²) in [6.45, 7) is 3.99. The number of anilines is 3. The zero-order valence-electron chi connectivity index (χ0n) is 11.8. The van der Waals surface area contributed by atoms with Gasteiger partial charge in [-0.3, -0.25) is 0 Å². The molecule has 0 aliphatic heterocycles. The highest BCUT2D eigenvalue weighted by Crippen LogP contribution is 2.32. The second-order valence-electron chi connectivity index (χ2n) is 4.82. The first-order chi connectivity index (χ1) is 10.1. The number of nitrogens with two attached hydrogens (primary N) is 1. The molecule has 0 amide bonds. The van der Waals surface area contributed by atoms with E-state index in [9.17, 15) is 4.39 Å². The minimum Gasteiger partial charge on any atom is -0.368 e. The Morgan fingerprint density at radius 3 is 2.86 bits per heavy atom. The van der Waals surface area contributed by atoms with Crippen LogP contribution in [0.2, 0.25) is 0 Å². The van der Waals surface area contributed by atoms with E-state index in [1.54, 1.807) is 23.5 Å². The summed E-state index contributed by atoms with van der Waals surface area (Å²) < 4.78 is 13.9. The molecule has 3 N–H and O–H groups in total. The third-order valence-electron chi connectivity index (χ3n) is 3.18. The third kappa shape index (κ3) is 2.67. The normalized spacial score (nSPS) is 11.0. The van der Waals surface area contributed by atoms with Crippen molar-refractivity contribution >= 4 is 39.0 Å². The lowest BCUT2D eigenvalue weighted by Crippen LogP contribution is -2.01. The Kier molecular flexibility index (Phi) is 3.47. The highest BCUT2D eigenvalue weighted by Gasteiger charge is 2.12. The highest BCUT2D eigenvalue weighted by atomic mass is 32.1. The Morgan fingerprint density at radius 2 is 2.10 bits per heavy atom. The van der Waals surface area contributed by atoms with Gasteiger partial charge in [-0.25, -0.2) is 9.37 Å². The predicted molar refractivity (Wildman–Crippen MR) is 85.6 cm³/mol. The number of benzene rings is 1. The number of thiophene rings is 1. The topological polar surface area (TPSA) is 63.8 Å². The van der Waals surface area contributed by atoms with Crippen LogP contribution in [0.1, 0.15) is 17.4 Å². The van der Waals surface area contributed by atoms with Gasteiger partial charge in [0.05, 0.1) is 11.1 Å². The van der Waals surface area contributed by atoms with Gasteiger partial charge < -0.3 is 11.1 Å². The number of aromatic nitrogens is 2. The lowest BCUT2D eigenvalue weighted by Gasteiger charge is -2.09. The first-order valence-electron chi connectivity index (χ1n) is 6.66. The summed E-state index contributed by atoms with van der Waals surface area (Å²) in [5.41, 5.74) is 7.10. The molecule has 2 heterocycles. The van der Waals surface area contributed by atoms with Gasteiger partial charge in [-0.15, -0.1) is 11.3 Å². The van der Waals surface area contributed by atoms with Crippen molar-refractivity contribution in [3.63, 3.8) is 0 Å². The first-order valence-corrected chi connectivity index (χ1v) is 7.47. The van der Waals surface area contributed by atoms with Crippen molar-refractivity contribution in [3.8, 4) is 0 Å². The fourth-order valence-electron chi connectivity index (χ4n) is 2.12. The van der Waals surface area contributed by atoms with Crippen LogP contribution in [0.15, 0.2) is 24.3 Å². The van der Waals surface area contributed by atoms with Crippen molar-refractivity contribution in [1.82, 2.24) is 9.97 Å². The van der Waals surface area contributed by atoms with Gasteiger partial charge in [-0.05, 0) is 37.1 Å². The molecule has 0 aliphatic carbocycles. The minimum atomic E-state index is -0.322. The summed E-state index contributed by atoms with van der Waals surface area (Å²) in [6, 6.07) is 6.93. The van der Waals surface area contributed by atoms with E-state index in [1.165, 1.54) is 10.9 Å². The molecule has 6 heteroatoms. The Hall–Kier alpha value is -2.21. The molecule has 2 aromatic heterocycles. The molecule has 108 valence electrons. The van der Waals surface area contributed by atoms with Crippen LogP contribution >= 0.6 is 11.3 Å². The molecular formula is C15H15FN4S. The lowest BCUT2D eigenvalue weighted by atomic mass is 10.2. The molecule has 21 heavy (non-hydrogen) atoms. The standard InChI is InChI=1S/C15H15FN4S/c1-3-9-7-10-13(19-15(17)20-14(10)21-9)18-12-6-8(2)4-5-11(12)16/h4-7H,3H2,1-2H3,(H3,17,18,19,20). The predicted octanol–water partition coefficient (Wildman–Crippen LogP) is 4.03. The van der Waals surface area contributed by atoms with Crippen molar-refractivity contribution in [2.45, 2.75) is 20.3 Å². The summed E-state index contributed by atoms with van der Waals surface area (Å²) >= 11 is 1.58. The molecule has 3 aromatic rings. The van der Waals surface area contributed by atoms with E-state index in [0.717, 1.165) is 22.2 Å². The number of nitrogen functional groups attached to an aromatic ring is 1. The summed E-state index contributed by atoms with van der Waals surface area (Å²) in [7, 11) is 0. The lowest BCUT2D eigenvalue weighted by molar-refractivity contribution is 0.631. The summed E-state index contributed by atoms with van der Waals surface area (Å²) in [5, 5.41) is 3.90. The number of aryl methyl sites for hydroxylation is 2. The van der Waals surface area contributed by atoms with E-state index in [-0.39, 0.29) is 11.8 Å². The van der Waals surface area contributed by atoms with Crippen molar-refractivity contribution < 1.29 is 4.39 Å².